The molecule has 0 aromatic heterocycles. The first-order chi connectivity index (χ1) is 9.19. The lowest BCUT2D eigenvalue weighted by molar-refractivity contribution is -0.158. The highest BCUT2D eigenvalue weighted by Gasteiger charge is 2.34. The Morgan fingerprint density at radius 3 is 2.53 bits per heavy atom. The Bertz CT molecular complexity index is 296. The SMILES string of the molecule is COCC1(CO)CCN(COC(=O)C2CCC2)CC1. The van der Waals surface area contributed by atoms with E-state index in [1.165, 1.54) is 0 Å². The minimum Gasteiger partial charge on any atom is -0.449 e. The summed E-state index contributed by atoms with van der Waals surface area (Å²) in [6.45, 7) is 2.85. The van der Waals surface area contributed by atoms with E-state index < -0.39 is 0 Å². The van der Waals surface area contributed by atoms with Crippen LogP contribution in [-0.4, -0.2) is 56.1 Å². The molecule has 0 aromatic rings. The molecule has 0 spiro atoms. The minimum absolute atomic E-state index is 0.0397. The Hall–Kier alpha value is -0.650. The lowest BCUT2D eigenvalue weighted by atomic mass is 9.80. The molecule has 0 bridgehead atoms. The number of aliphatic hydroxyl groups is 1. The third-order valence-corrected chi connectivity index (χ3v) is 4.53. The molecule has 2 rings (SSSR count). The Morgan fingerprint density at radius 1 is 1.37 bits per heavy atom. The van der Waals surface area contributed by atoms with Gasteiger partial charge in [0.1, 0.15) is 6.73 Å². The van der Waals surface area contributed by atoms with Gasteiger partial charge in [-0.1, -0.05) is 6.42 Å². The van der Waals surface area contributed by atoms with Crippen LogP contribution < -0.4 is 0 Å². The van der Waals surface area contributed by atoms with Gasteiger partial charge in [-0.15, -0.1) is 0 Å². The van der Waals surface area contributed by atoms with Crippen LogP contribution in [0.15, 0.2) is 0 Å². The van der Waals surface area contributed by atoms with Gasteiger partial charge in [-0.05, 0) is 25.7 Å². The van der Waals surface area contributed by atoms with E-state index in [0.29, 0.717) is 13.3 Å². The van der Waals surface area contributed by atoms with E-state index in [1.807, 2.05) is 0 Å². The fourth-order valence-corrected chi connectivity index (χ4v) is 2.73. The van der Waals surface area contributed by atoms with Crippen LogP contribution >= 0.6 is 0 Å². The van der Waals surface area contributed by atoms with Gasteiger partial charge < -0.3 is 14.6 Å². The summed E-state index contributed by atoms with van der Waals surface area (Å²) in [5.41, 5.74) is -0.108. The number of esters is 1. The summed E-state index contributed by atoms with van der Waals surface area (Å²) in [4.78, 5) is 13.8. The number of carbonyl (C=O) groups is 1. The van der Waals surface area contributed by atoms with Crippen molar-refractivity contribution in [2.75, 3.05) is 40.1 Å². The monoisotopic (exact) mass is 271 g/mol. The van der Waals surface area contributed by atoms with E-state index in [-0.39, 0.29) is 23.9 Å². The van der Waals surface area contributed by atoms with Crippen molar-refractivity contribution in [1.82, 2.24) is 4.90 Å². The van der Waals surface area contributed by atoms with Gasteiger partial charge in [0.05, 0.1) is 19.1 Å². The zero-order valence-corrected chi connectivity index (χ0v) is 11.8. The summed E-state index contributed by atoms with van der Waals surface area (Å²) in [7, 11) is 1.67. The molecule has 2 aliphatic rings. The first-order valence-corrected chi connectivity index (χ1v) is 7.18. The Balaban J connectivity index is 1.69. The van der Waals surface area contributed by atoms with Crippen molar-refractivity contribution >= 4 is 5.97 Å². The lowest BCUT2D eigenvalue weighted by Crippen LogP contribution is -2.45. The highest BCUT2D eigenvalue weighted by Crippen LogP contribution is 2.31. The molecule has 1 aliphatic carbocycles. The number of rotatable bonds is 6. The minimum atomic E-state index is -0.108. The summed E-state index contributed by atoms with van der Waals surface area (Å²) in [6.07, 6.45) is 4.90. The van der Waals surface area contributed by atoms with Gasteiger partial charge in [0.15, 0.2) is 0 Å². The fourth-order valence-electron chi connectivity index (χ4n) is 2.73. The maximum absolute atomic E-state index is 11.6. The second kappa shape index (κ2) is 6.68. The number of nitrogens with zero attached hydrogens (tertiary/aromatic N) is 1. The predicted molar refractivity (Wildman–Crippen MR) is 70.5 cm³/mol. The third kappa shape index (κ3) is 3.68. The summed E-state index contributed by atoms with van der Waals surface area (Å²) in [5.74, 6) is 0.108. The molecular formula is C14H25NO4. The number of carbonyl (C=O) groups excluding carboxylic acids is 1. The van der Waals surface area contributed by atoms with Crippen molar-refractivity contribution in [2.45, 2.75) is 32.1 Å². The first-order valence-electron chi connectivity index (χ1n) is 7.18. The summed E-state index contributed by atoms with van der Waals surface area (Å²) in [6, 6.07) is 0. The van der Waals surface area contributed by atoms with Gasteiger partial charge in [-0.2, -0.15) is 0 Å². The Morgan fingerprint density at radius 2 is 2.05 bits per heavy atom. The number of hydrogen-bond donors (Lipinski definition) is 1. The Kier molecular flexibility index (Phi) is 5.19. The molecule has 5 heteroatoms. The van der Waals surface area contributed by atoms with Crippen LogP contribution in [0.4, 0.5) is 0 Å². The van der Waals surface area contributed by atoms with Gasteiger partial charge in [0.25, 0.3) is 0 Å². The quantitative estimate of drug-likeness (QED) is 0.731. The van der Waals surface area contributed by atoms with Gasteiger partial charge in [0.2, 0.25) is 0 Å². The summed E-state index contributed by atoms with van der Waals surface area (Å²) >= 11 is 0. The van der Waals surface area contributed by atoms with E-state index in [2.05, 4.69) is 4.90 Å². The van der Waals surface area contributed by atoms with Crippen LogP contribution in [0.3, 0.4) is 0 Å². The molecule has 1 N–H and O–H groups in total. The van der Waals surface area contributed by atoms with Crippen LogP contribution in [0, 0.1) is 11.3 Å². The number of piperidine rings is 1. The number of hydrogen-bond acceptors (Lipinski definition) is 5. The maximum atomic E-state index is 11.6. The van der Waals surface area contributed by atoms with E-state index in [1.54, 1.807) is 7.11 Å². The van der Waals surface area contributed by atoms with E-state index >= 15 is 0 Å². The van der Waals surface area contributed by atoms with E-state index in [0.717, 1.165) is 45.2 Å². The zero-order valence-electron chi connectivity index (χ0n) is 11.8. The smallest absolute Gasteiger partial charge is 0.310 e. The molecule has 1 aliphatic heterocycles. The molecule has 0 atom stereocenters. The van der Waals surface area contributed by atoms with E-state index in [9.17, 15) is 9.90 Å². The fraction of sp³-hybridized carbons (Fsp3) is 0.929. The molecule has 0 aromatic carbocycles. The van der Waals surface area contributed by atoms with Crippen molar-refractivity contribution in [3.05, 3.63) is 0 Å². The topological polar surface area (TPSA) is 59.0 Å². The molecule has 1 saturated carbocycles. The standard InChI is InChI=1S/C14H25NO4/c1-18-10-14(9-16)5-7-15(8-6-14)11-19-13(17)12-3-2-4-12/h12,16H,2-11H2,1H3. The Labute approximate surface area is 114 Å². The number of ether oxygens (including phenoxy) is 2. The molecule has 2 fully saturated rings. The summed E-state index contributed by atoms with van der Waals surface area (Å²) < 4.78 is 10.5. The van der Waals surface area contributed by atoms with Gasteiger partial charge in [-0.3, -0.25) is 9.69 Å². The van der Waals surface area contributed by atoms with Crippen LogP contribution in [0.5, 0.6) is 0 Å². The lowest BCUT2D eigenvalue weighted by Gasteiger charge is -2.40. The molecule has 1 saturated heterocycles. The average molecular weight is 271 g/mol. The second-order valence-electron chi connectivity index (χ2n) is 5.93. The predicted octanol–water partition coefficient (Wildman–Crippen LogP) is 1.01. The molecule has 0 amide bonds. The number of methoxy groups -OCH3 is 1. The van der Waals surface area contributed by atoms with E-state index in [4.69, 9.17) is 9.47 Å². The van der Waals surface area contributed by atoms with Crippen molar-refractivity contribution in [1.29, 1.82) is 0 Å². The number of aliphatic hydroxyl groups excluding tert-OH is 1. The summed E-state index contributed by atoms with van der Waals surface area (Å²) in [5, 5.41) is 9.51. The van der Waals surface area contributed by atoms with Gasteiger partial charge in [0, 0.05) is 25.6 Å². The number of likely N-dealkylation sites (tertiary alicyclic amines) is 1. The zero-order chi connectivity index (χ0) is 13.7. The molecule has 110 valence electrons. The van der Waals surface area contributed by atoms with Crippen molar-refractivity contribution in [2.24, 2.45) is 11.3 Å². The van der Waals surface area contributed by atoms with Crippen LogP contribution in [0.1, 0.15) is 32.1 Å². The molecule has 0 unspecified atom stereocenters. The molecule has 1 heterocycles. The van der Waals surface area contributed by atoms with Crippen molar-refractivity contribution in [3.8, 4) is 0 Å². The molecule has 19 heavy (non-hydrogen) atoms. The second-order valence-corrected chi connectivity index (χ2v) is 5.93. The third-order valence-electron chi connectivity index (χ3n) is 4.53. The van der Waals surface area contributed by atoms with Gasteiger partial charge in [-0.25, -0.2) is 0 Å². The largest absolute Gasteiger partial charge is 0.449 e. The highest BCUT2D eigenvalue weighted by molar-refractivity contribution is 5.73. The van der Waals surface area contributed by atoms with Crippen molar-refractivity contribution < 1.29 is 19.4 Å². The molecular weight excluding hydrogens is 246 g/mol. The van der Waals surface area contributed by atoms with Gasteiger partial charge >= 0.3 is 5.97 Å². The van der Waals surface area contributed by atoms with Crippen LogP contribution in [0.25, 0.3) is 0 Å². The average Bonchev–Trinajstić information content (AvgIpc) is 2.36. The maximum Gasteiger partial charge on any atom is 0.310 e. The van der Waals surface area contributed by atoms with Crippen LogP contribution in [-0.2, 0) is 14.3 Å². The van der Waals surface area contributed by atoms with Crippen LogP contribution in [0.2, 0.25) is 0 Å². The highest BCUT2D eigenvalue weighted by atomic mass is 16.5. The normalized spacial score (nSPS) is 23.9. The first kappa shape index (κ1) is 14.8. The molecule has 5 nitrogen and oxygen atoms in total. The molecule has 0 radical (unpaired) electrons. The van der Waals surface area contributed by atoms with Crippen molar-refractivity contribution in [3.63, 3.8) is 0 Å².